The predicted molar refractivity (Wildman–Crippen MR) is 66.9 cm³/mol. The van der Waals surface area contributed by atoms with Gasteiger partial charge in [-0.15, -0.1) is 0 Å². The van der Waals surface area contributed by atoms with E-state index in [9.17, 15) is 5.11 Å². The van der Waals surface area contributed by atoms with Crippen molar-refractivity contribution in [3.63, 3.8) is 0 Å². The first-order valence-corrected chi connectivity index (χ1v) is 6.31. The third-order valence-corrected chi connectivity index (χ3v) is 3.48. The van der Waals surface area contributed by atoms with Crippen molar-refractivity contribution < 1.29 is 9.84 Å². The van der Waals surface area contributed by atoms with Crippen LogP contribution in [0.3, 0.4) is 0 Å². The molecule has 16 heavy (non-hydrogen) atoms. The Morgan fingerprint density at radius 3 is 2.94 bits per heavy atom. The molecule has 0 fully saturated rings. The fraction of sp³-hybridized carbons (Fsp3) is 0.385. The van der Waals surface area contributed by atoms with Crippen LogP contribution in [0, 0.1) is 0 Å². The van der Waals surface area contributed by atoms with E-state index in [2.05, 4.69) is 15.9 Å². The lowest BCUT2D eigenvalue weighted by Gasteiger charge is -2.20. The summed E-state index contributed by atoms with van der Waals surface area (Å²) in [5, 5.41) is 9.71. The SMILES string of the molecule is OC1CCCC=C1OCc1ccccc1Br. The molecule has 86 valence electrons. The minimum Gasteiger partial charge on any atom is -0.491 e. The summed E-state index contributed by atoms with van der Waals surface area (Å²) in [4.78, 5) is 0. The summed E-state index contributed by atoms with van der Waals surface area (Å²) in [5.74, 6) is 0.724. The Balaban J connectivity index is 1.97. The van der Waals surface area contributed by atoms with Crippen molar-refractivity contribution >= 4 is 15.9 Å². The van der Waals surface area contributed by atoms with Gasteiger partial charge in [0.15, 0.2) is 0 Å². The van der Waals surface area contributed by atoms with Crippen LogP contribution in [0.4, 0.5) is 0 Å². The Kier molecular flexibility index (Phi) is 4.02. The molecule has 0 radical (unpaired) electrons. The quantitative estimate of drug-likeness (QED) is 0.921. The number of benzene rings is 1. The smallest absolute Gasteiger partial charge is 0.121 e. The molecule has 2 rings (SSSR count). The monoisotopic (exact) mass is 282 g/mol. The standard InChI is InChI=1S/C13H15BrO2/c14-11-6-2-1-5-10(11)9-16-13-8-4-3-7-12(13)15/h1-2,5-6,8,12,15H,3-4,7,9H2. The Morgan fingerprint density at radius 1 is 1.38 bits per heavy atom. The predicted octanol–water partition coefficient (Wildman–Crippen LogP) is 3.39. The lowest BCUT2D eigenvalue weighted by molar-refractivity contribution is 0.0809. The second kappa shape index (κ2) is 5.51. The zero-order valence-corrected chi connectivity index (χ0v) is 10.6. The maximum absolute atomic E-state index is 9.71. The number of hydrogen-bond donors (Lipinski definition) is 1. The molecule has 0 aliphatic heterocycles. The largest absolute Gasteiger partial charge is 0.491 e. The molecule has 0 heterocycles. The average Bonchev–Trinajstić information content (AvgIpc) is 2.30. The highest BCUT2D eigenvalue weighted by Crippen LogP contribution is 2.22. The maximum atomic E-state index is 9.71. The van der Waals surface area contributed by atoms with E-state index in [1.54, 1.807) is 0 Å². The van der Waals surface area contributed by atoms with Gasteiger partial charge in [-0.1, -0.05) is 34.1 Å². The Morgan fingerprint density at radius 2 is 2.19 bits per heavy atom. The normalized spacial score (nSPS) is 20.4. The van der Waals surface area contributed by atoms with Crippen molar-refractivity contribution in [2.24, 2.45) is 0 Å². The zero-order chi connectivity index (χ0) is 11.4. The Hall–Kier alpha value is -0.800. The van der Waals surface area contributed by atoms with E-state index in [4.69, 9.17) is 4.74 Å². The van der Waals surface area contributed by atoms with Gasteiger partial charge < -0.3 is 9.84 Å². The molecule has 1 unspecified atom stereocenters. The van der Waals surface area contributed by atoms with E-state index in [0.29, 0.717) is 6.61 Å². The van der Waals surface area contributed by atoms with Crippen LogP contribution in [-0.2, 0) is 11.3 Å². The fourth-order valence-corrected chi connectivity index (χ4v) is 2.16. The molecule has 0 spiro atoms. The van der Waals surface area contributed by atoms with Crippen molar-refractivity contribution in [3.05, 3.63) is 46.1 Å². The van der Waals surface area contributed by atoms with Crippen LogP contribution in [0.5, 0.6) is 0 Å². The lowest BCUT2D eigenvalue weighted by atomic mass is 10.0. The molecule has 1 atom stereocenters. The highest BCUT2D eigenvalue weighted by molar-refractivity contribution is 9.10. The molecule has 1 aromatic rings. The van der Waals surface area contributed by atoms with Gasteiger partial charge in [0.05, 0.1) is 0 Å². The summed E-state index contributed by atoms with van der Waals surface area (Å²) >= 11 is 3.47. The number of aliphatic hydroxyl groups excluding tert-OH is 1. The minimum atomic E-state index is -0.420. The number of aliphatic hydroxyl groups is 1. The van der Waals surface area contributed by atoms with E-state index in [-0.39, 0.29) is 0 Å². The van der Waals surface area contributed by atoms with Crippen molar-refractivity contribution in [1.82, 2.24) is 0 Å². The maximum Gasteiger partial charge on any atom is 0.121 e. The first kappa shape index (κ1) is 11.7. The molecule has 0 saturated carbocycles. The summed E-state index contributed by atoms with van der Waals surface area (Å²) in [5.41, 5.74) is 1.10. The molecule has 0 amide bonds. The molecule has 3 heteroatoms. The molecule has 1 aliphatic carbocycles. The van der Waals surface area contributed by atoms with Crippen LogP contribution in [-0.4, -0.2) is 11.2 Å². The summed E-state index contributed by atoms with van der Waals surface area (Å²) in [7, 11) is 0. The Bertz CT molecular complexity index is 387. The van der Waals surface area contributed by atoms with Gasteiger partial charge in [-0.05, 0) is 31.4 Å². The van der Waals surface area contributed by atoms with Crippen LogP contribution >= 0.6 is 15.9 Å². The molecule has 0 aromatic heterocycles. The van der Waals surface area contributed by atoms with Gasteiger partial charge in [0.25, 0.3) is 0 Å². The van der Waals surface area contributed by atoms with Gasteiger partial charge in [0.2, 0.25) is 0 Å². The van der Waals surface area contributed by atoms with E-state index >= 15 is 0 Å². The number of allylic oxidation sites excluding steroid dienone is 1. The molecular weight excluding hydrogens is 268 g/mol. The lowest BCUT2D eigenvalue weighted by Crippen LogP contribution is -2.16. The summed E-state index contributed by atoms with van der Waals surface area (Å²) < 4.78 is 6.69. The van der Waals surface area contributed by atoms with Gasteiger partial charge in [0.1, 0.15) is 18.5 Å². The van der Waals surface area contributed by atoms with Gasteiger partial charge in [0, 0.05) is 10.0 Å². The first-order chi connectivity index (χ1) is 7.77. The van der Waals surface area contributed by atoms with Gasteiger partial charge in [-0.3, -0.25) is 0 Å². The number of rotatable bonds is 3. The first-order valence-electron chi connectivity index (χ1n) is 5.51. The molecule has 1 aromatic carbocycles. The van der Waals surface area contributed by atoms with Crippen LogP contribution < -0.4 is 0 Å². The number of ether oxygens (including phenoxy) is 1. The highest BCUT2D eigenvalue weighted by Gasteiger charge is 2.16. The van der Waals surface area contributed by atoms with E-state index in [1.807, 2.05) is 30.3 Å². The highest BCUT2D eigenvalue weighted by atomic mass is 79.9. The third-order valence-electron chi connectivity index (χ3n) is 2.71. The number of halogens is 1. The zero-order valence-electron chi connectivity index (χ0n) is 9.03. The molecule has 0 saturated heterocycles. The van der Waals surface area contributed by atoms with Gasteiger partial charge >= 0.3 is 0 Å². The number of hydrogen-bond acceptors (Lipinski definition) is 2. The average molecular weight is 283 g/mol. The van der Waals surface area contributed by atoms with Crippen LogP contribution in [0.1, 0.15) is 24.8 Å². The molecule has 0 bridgehead atoms. The second-order valence-electron chi connectivity index (χ2n) is 3.93. The van der Waals surface area contributed by atoms with Crippen LogP contribution in [0.2, 0.25) is 0 Å². The van der Waals surface area contributed by atoms with E-state index < -0.39 is 6.10 Å². The topological polar surface area (TPSA) is 29.5 Å². The van der Waals surface area contributed by atoms with Gasteiger partial charge in [-0.25, -0.2) is 0 Å². The van der Waals surface area contributed by atoms with Crippen LogP contribution in [0.15, 0.2) is 40.6 Å². The van der Waals surface area contributed by atoms with Gasteiger partial charge in [-0.2, -0.15) is 0 Å². The third kappa shape index (κ3) is 2.86. The summed E-state index contributed by atoms with van der Waals surface area (Å²) in [6.45, 7) is 0.504. The fourth-order valence-electron chi connectivity index (χ4n) is 1.77. The second-order valence-corrected chi connectivity index (χ2v) is 4.79. The van der Waals surface area contributed by atoms with E-state index in [0.717, 1.165) is 35.1 Å². The summed E-state index contributed by atoms with van der Waals surface area (Å²) in [6.07, 6.45) is 4.43. The summed E-state index contributed by atoms with van der Waals surface area (Å²) in [6, 6.07) is 7.96. The van der Waals surface area contributed by atoms with Crippen molar-refractivity contribution in [3.8, 4) is 0 Å². The molecule has 1 aliphatic rings. The van der Waals surface area contributed by atoms with Crippen molar-refractivity contribution in [2.75, 3.05) is 0 Å². The molecular formula is C13H15BrO2. The van der Waals surface area contributed by atoms with Crippen molar-refractivity contribution in [2.45, 2.75) is 32.0 Å². The molecule has 1 N–H and O–H groups in total. The molecule has 2 nitrogen and oxygen atoms in total. The minimum absolute atomic E-state index is 0.420. The van der Waals surface area contributed by atoms with Crippen LogP contribution in [0.25, 0.3) is 0 Å². The van der Waals surface area contributed by atoms with E-state index in [1.165, 1.54) is 0 Å². The van der Waals surface area contributed by atoms with Crippen molar-refractivity contribution in [1.29, 1.82) is 0 Å². The Labute approximate surface area is 104 Å².